The Morgan fingerprint density at radius 2 is 1.26 bits per heavy atom. The molecule has 46 heavy (non-hydrogen) atoms. The van der Waals surface area contributed by atoms with Crippen molar-refractivity contribution in [3.63, 3.8) is 0 Å². The lowest BCUT2D eigenvalue weighted by Crippen LogP contribution is -2.20. The number of carbonyl (C=O) groups excluding carboxylic acids is 4. The molecule has 2 aromatic carbocycles. The molecular formula is C35H38N2O7S2. The van der Waals surface area contributed by atoms with Crippen LogP contribution in [0, 0.1) is 5.92 Å². The van der Waals surface area contributed by atoms with Crippen molar-refractivity contribution < 1.29 is 33.3 Å². The number of hydrogen-bond acceptors (Lipinski definition) is 11. The van der Waals surface area contributed by atoms with E-state index < -0.39 is 11.9 Å². The molecule has 0 spiro atoms. The predicted octanol–water partition coefficient (Wildman–Crippen LogP) is 7.92. The van der Waals surface area contributed by atoms with E-state index in [2.05, 4.69) is 10.3 Å². The van der Waals surface area contributed by atoms with Gasteiger partial charge in [0.05, 0.1) is 0 Å². The van der Waals surface area contributed by atoms with Gasteiger partial charge in [0.1, 0.15) is 33.1 Å². The van der Waals surface area contributed by atoms with Gasteiger partial charge in [-0.2, -0.15) is 0 Å². The lowest BCUT2D eigenvalue weighted by atomic mass is 9.95. The number of ketones is 2. The van der Waals surface area contributed by atoms with E-state index in [0.29, 0.717) is 51.8 Å². The molecule has 0 radical (unpaired) electrons. The highest BCUT2D eigenvalue weighted by Crippen LogP contribution is 2.33. The van der Waals surface area contributed by atoms with Crippen LogP contribution in [-0.2, 0) is 19.3 Å². The molecule has 3 aromatic rings. The van der Waals surface area contributed by atoms with Crippen LogP contribution in [0.2, 0.25) is 0 Å². The molecule has 9 nitrogen and oxygen atoms in total. The molecule has 0 N–H and O–H groups in total. The lowest BCUT2D eigenvalue weighted by Gasteiger charge is -2.11. The number of hydrogen-bond donors (Lipinski definition) is 0. The summed E-state index contributed by atoms with van der Waals surface area (Å²) in [4.78, 5) is 62.7. The number of carbonyl (C=O) groups is 4. The molecule has 2 saturated heterocycles. The van der Waals surface area contributed by atoms with Crippen LogP contribution in [-0.4, -0.2) is 56.9 Å². The van der Waals surface area contributed by atoms with E-state index in [-0.39, 0.29) is 33.5 Å². The van der Waals surface area contributed by atoms with E-state index in [9.17, 15) is 19.2 Å². The fraction of sp³-hybridized carbons (Fsp3) is 0.486. The van der Waals surface area contributed by atoms with Crippen LogP contribution in [0.4, 0.5) is 0 Å². The molecule has 0 amide bonds. The second-order valence-corrected chi connectivity index (χ2v) is 14.7. The lowest BCUT2D eigenvalue weighted by molar-refractivity contribution is -0.143. The summed E-state index contributed by atoms with van der Waals surface area (Å²) in [5, 5.41) is 8.94. The second kappa shape index (κ2) is 15.0. The zero-order chi connectivity index (χ0) is 32.0. The van der Waals surface area contributed by atoms with Crippen molar-refractivity contribution in [2.45, 2.75) is 88.1 Å². The first-order chi connectivity index (χ1) is 22.4. The van der Waals surface area contributed by atoms with Gasteiger partial charge in [0, 0.05) is 21.9 Å². The van der Waals surface area contributed by atoms with Crippen LogP contribution in [0.15, 0.2) is 51.1 Å². The predicted molar refractivity (Wildman–Crippen MR) is 182 cm³/mol. The maximum absolute atomic E-state index is 13.8. The highest BCUT2D eigenvalue weighted by molar-refractivity contribution is 8.01. The van der Waals surface area contributed by atoms with E-state index in [4.69, 9.17) is 14.1 Å². The van der Waals surface area contributed by atoms with Gasteiger partial charge in [-0.25, -0.2) is 9.59 Å². The van der Waals surface area contributed by atoms with Gasteiger partial charge in [-0.3, -0.25) is 9.59 Å². The third-order valence-corrected chi connectivity index (χ3v) is 11.7. The fourth-order valence-corrected chi connectivity index (χ4v) is 8.61. The molecule has 3 aliphatic rings. The number of Topliss-reactive ketones (excluding diaryl/α,β-unsaturated/α-hetero) is 2. The maximum Gasteiger partial charge on any atom is 0.347 e. The molecule has 2 aliphatic heterocycles. The summed E-state index contributed by atoms with van der Waals surface area (Å²) in [5.74, 6) is 0.908. The number of furan rings is 1. The number of rotatable bonds is 12. The molecule has 2 atom stereocenters. The molecule has 2 unspecified atom stereocenters. The minimum atomic E-state index is -0.423. The van der Waals surface area contributed by atoms with Crippen LogP contribution < -0.4 is 0 Å². The molecule has 11 heteroatoms. The van der Waals surface area contributed by atoms with Gasteiger partial charge in [0.25, 0.3) is 0 Å². The standard InChI is InChI=1S/C35H38N2O7S2/c1-2-26(36-43-34(40)30-9-5-17-45-30)32(38)22-12-15-28-24(19-22)25-20-23(13-16-29(25)42-28)33(39)27(14-11-21-7-3-4-8-21)37-44-35(41)31-10-6-18-46-31/h12-13,15-16,19-21,30-31H,2-11,14,17-18H2,1H3/b36-26+,37-27+. The SMILES string of the molecule is CC/C(=N\OC(=O)C1CCCS1)C(=O)c1ccc2oc3ccc(C(=O)/C(CCC4CCCC4)=N/OC(=O)C4CCCS4)cc3c2c1. The zero-order valence-corrected chi connectivity index (χ0v) is 27.6. The molecule has 1 aliphatic carbocycles. The number of fused-ring (bicyclic) bond motifs is 3. The Labute approximate surface area is 276 Å². The van der Waals surface area contributed by atoms with Crippen molar-refractivity contribution in [3.05, 3.63) is 47.5 Å². The molecule has 3 fully saturated rings. The van der Waals surface area contributed by atoms with Crippen molar-refractivity contribution in [1.82, 2.24) is 0 Å². The van der Waals surface area contributed by atoms with Gasteiger partial charge in [-0.15, -0.1) is 23.5 Å². The van der Waals surface area contributed by atoms with Gasteiger partial charge in [-0.05, 0) is 98.8 Å². The smallest absolute Gasteiger partial charge is 0.347 e. The van der Waals surface area contributed by atoms with Crippen molar-refractivity contribution in [2.24, 2.45) is 16.2 Å². The molecule has 0 bridgehead atoms. The van der Waals surface area contributed by atoms with Crippen molar-refractivity contribution in [1.29, 1.82) is 0 Å². The Morgan fingerprint density at radius 1 is 0.739 bits per heavy atom. The van der Waals surface area contributed by atoms with E-state index in [1.165, 1.54) is 12.8 Å². The topological polar surface area (TPSA) is 125 Å². The molecule has 1 aromatic heterocycles. The van der Waals surface area contributed by atoms with Gasteiger partial charge >= 0.3 is 11.9 Å². The van der Waals surface area contributed by atoms with Gasteiger partial charge in [-0.1, -0.05) is 42.9 Å². The number of oxime groups is 2. The van der Waals surface area contributed by atoms with Crippen LogP contribution in [0.25, 0.3) is 21.9 Å². The minimum absolute atomic E-state index is 0.146. The zero-order valence-electron chi connectivity index (χ0n) is 26.0. The monoisotopic (exact) mass is 662 g/mol. The summed E-state index contributed by atoms with van der Waals surface area (Å²) in [5.41, 5.74) is 2.28. The largest absolute Gasteiger partial charge is 0.456 e. The van der Waals surface area contributed by atoms with E-state index in [1.54, 1.807) is 66.8 Å². The van der Waals surface area contributed by atoms with Crippen molar-refractivity contribution >= 4 is 80.4 Å². The minimum Gasteiger partial charge on any atom is -0.456 e. The van der Waals surface area contributed by atoms with Gasteiger partial charge in [0.15, 0.2) is 0 Å². The highest BCUT2D eigenvalue weighted by atomic mass is 32.2. The molecule has 6 rings (SSSR count). The highest BCUT2D eigenvalue weighted by Gasteiger charge is 2.28. The first-order valence-corrected chi connectivity index (χ1v) is 18.4. The summed E-state index contributed by atoms with van der Waals surface area (Å²) >= 11 is 3.11. The average Bonchev–Trinajstić information content (AvgIpc) is 3.91. The summed E-state index contributed by atoms with van der Waals surface area (Å²) < 4.78 is 6.03. The third kappa shape index (κ3) is 7.41. The summed E-state index contributed by atoms with van der Waals surface area (Å²) in [6, 6.07) is 10.3. The summed E-state index contributed by atoms with van der Waals surface area (Å²) in [7, 11) is 0. The number of benzene rings is 2. The number of thioether (sulfide) groups is 2. The van der Waals surface area contributed by atoms with Crippen LogP contribution in [0.5, 0.6) is 0 Å². The maximum atomic E-state index is 13.8. The van der Waals surface area contributed by atoms with Gasteiger partial charge < -0.3 is 14.1 Å². The van der Waals surface area contributed by atoms with Crippen LogP contribution in [0.1, 0.15) is 98.3 Å². The first kappa shape index (κ1) is 32.5. The molecule has 3 heterocycles. The van der Waals surface area contributed by atoms with Crippen molar-refractivity contribution in [3.8, 4) is 0 Å². The Kier molecular flexibility index (Phi) is 10.6. The van der Waals surface area contributed by atoms with E-state index in [1.807, 2.05) is 0 Å². The molecule has 242 valence electrons. The Balaban J connectivity index is 1.25. The Hall–Kier alpha value is -3.44. The fourth-order valence-electron chi connectivity index (χ4n) is 6.34. The number of nitrogens with zero attached hydrogens (tertiary/aromatic N) is 2. The molecule has 1 saturated carbocycles. The van der Waals surface area contributed by atoms with Crippen LogP contribution in [0.3, 0.4) is 0 Å². The first-order valence-electron chi connectivity index (χ1n) is 16.3. The normalized spacial score (nSPS) is 20.9. The van der Waals surface area contributed by atoms with Gasteiger partial charge in [0.2, 0.25) is 11.6 Å². The van der Waals surface area contributed by atoms with E-state index in [0.717, 1.165) is 56.5 Å². The quantitative estimate of drug-likeness (QED) is 0.0823. The van der Waals surface area contributed by atoms with Crippen LogP contribution >= 0.6 is 23.5 Å². The average molecular weight is 663 g/mol. The summed E-state index contributed by atoms with van der Waals surface area (Å²) in [6.07, 6.45) is 9.65. The Bertz CT molecular complexity index is 1690. The third-order valence-electron chi connectivity index (χ3n) is 8.99. The molecular weight excluding hydrogens is 625 g/mol. The summed E-state index contributed by atoms with van der Waals surface area (Å²) in [6.45, 7) is 1.79. The Morgan fingerprint density at radius 3 is 1.76 bits per heavy atom. The van der Waals surface area contributed by atoms with E-state index >= 15 is 0 Å². The van der Waals surface area contributed by atoms with Crippen molar-refractivity contribution in [2.75, 3.05) is 11.5 Å². The second-order valence-electron chi connectivity index (χ2n) is 12.1.